The predicted octanol–water partition coefficient (Wildman–Crippen LogP) is 4.93. The summed E-state index contributed by atoms with van der Waals surface area (Å²) in [5, 5.41) is 1.04. The maximum absolute atomic E-state index is 14.3. The van der Waals surface area contributed by atoms with Gasteiger partial charge in [0.2, 0.25) is 5.91 Å². The topological polar surface area (TPSA) is 52.2 Å². The van der Waals surface area contributed by atoms with E-state index in [1.54, 1.807) is 18.3 Å². The average Bonchev–Trinajstić information content (AvgIpc) is 3.37. The summed E-state index contributed by atoms with van der Waals surface area (Å²) in [6, 6.07) is 12.7. The molecule has 1 aliphatic heterocycles. The van der Waals surface area contributed by atoms with Crippen molar-refractivity contribution in [2.45, 2.75) is 13.1 Å². The zero-order valence-corrected chi connectivity index (χ0v) is 18.2. The van der Waals surface area contributed by atoms with E-state index in [-0.39, 0.29) is 11.7 Å². The number of nitrogens with one attached hydrogen (secondary N) is 1. The Morgan fingerprint density at radius 1 is 1.13 bits per heavy atom. The van der Waals surface area contributed by atoms with E-state index in [9.17, 15) is 9.18 Å². The Labute approximate surface area is 188 Å². The molecule has 5 rings (SSSR count). The molecule has 8 heteroatoms. The van der Waals surface area contributed by atoms with Crippen LogP contribution in [0.4, 0.5) is 4.39 Å². The SMILES string of the molecule is O=C1CN(Cc2ccc(F)c(-c3ccc(Cl)s3)c2)CCN1Cc1cc2cnccc2[nH]1. The zero-order valence-electron chi connectivity index (χ0n) is 16.6. The summed E-state index contributed by atoms with van der Waals surface area (Å²) in [5.41, 5.74) is 3.55. The molecule has 4 aromatic rings. The highest BCUT2D eigenvalue weighted by molar-refractivity contribution is 7.19. The van der Waals surface area contributed by atoms with Crippen molar-refractivity contribution in [3.63, 3.8) is 0 Å². The van der Waals surface area contributed by atoms with Crippen LogP contribution in [0.25, 0.3) is 21.3 Å². The van der Waals surface area contributed by atoms with Gasteiger partial charge in [-0.1, -0.05) is 17.7 Å². The second-order valence-electron chi connectivity index (χ2n) is 7.70. The molecule has 0 atom stereocenters. The van der Waals surface area contributed by atoms with Crippen molar-refractivity contribution in [3.8, 4) is 10.4 Å². The van der Waals surface area contributed by atoms with Gasteiger partial charge in [-0.2, -0.15) is 0 Å². The normalized spacial score (nSPS) is 15.2. The van der Waals surface area contributed by atoms with Crippen LogP contribution in [-0.4, -0.2) is 45.3 Å². The Kier molecular flexibility index (Phi) is 5.48. The lowest BCUT2D eigenvalue weighted by molar-refractivity contribution is -0.136. The molecule has 0 radical (unpaired) electrons. The lowest BCUT2D eigenvalue weighted by Gasteiger charge is -2.34. The fraction of sp³-hybridized carbons (Fsp3) is 0.217. The molecule has 3 aromatic heterocycles. The molecule has 1 saturated heterocycles. The monoisotopic (exact) mass is 454 g/mol. The van der Waals surface area contributed by atoms with Crippen molar-refractivity contribution in [2.24, 2.45) is 0 Å². The first-order valence-corrected chi connectivity index (χ1v) is 11.2. The van der Waals surface area contributed by atoms with E-state index in [4.69, 9.17) is 11.6 Å². The molecule has 0 spiro atoms. The molecule has 0 aliphatic carbocycles. The second kappa shape index (κ2) is 8.42. The van der Waals surface area contributed by atoms with Crippen molar-refractivity contribution >= 4 is 39.7 Å². The molecule has 1 fully saturated rings. The van der Waals surface area contributed by atoms with E-state index >= 15 is 0 Å². The summed E-state index contributed by atoms with van der Waals surface area (Å²) in [6.07, 6.45) is 3.57. The van der Waals surface area contributed by atoms with E-state index in [2.05, 4.69) is 14.9 Å². The smallest absolute Gasteiger partial charge is 0.237 e. The average molecular weight is 455 g/mol. The zero-order chi connectivity index (χ0) is 21.4. The lowest BCUT2D eigenvalue weighted by atomic mass is 10.1. The Bertz CT molecular complexity index is 1220. The molecule has 0 bridgehead atoms. The van der Waals surface area contributed by atoms with Crippen LogP contribution in [0, 0.1) is 5.82 Å². The quantitative estimate of drug-likeness (QED) is 0.465. The van der Waals surface area contributed by atoms with Crippen LogP contribution in [-0.2, 0) is 17.9 Å². The number of nitrogens with zero attached hydrogens (tertiary/aromatic N) is 3. The number of benzene rings is 1. The highest BCUT2D eigenvalue weighted by Crippen LogP contribution is 2.33. The maximum atomic E-state index is 14.3. The standard InChI is InChI=1S/C23H20ClFN4OS/c24-22-4-3-21(31-22)18-9-15(1-2-19(18)25)12-28-7-8-29(23(30)14-28)13-17-10-16-11-26-6-5-20(16)27-17/h1-6,9-11,27H,7-8,12-14H2. The van der Waals surface area contributed by atoms with Gasteiger partial charge < -0.3 is 9.88 Å². The summed E-state index contributed by atoms with van der Waals surface area (Å²) < 4.78 is 15.0. The van der Waals surface area contributed by atoms with Crippen molar-refractivity contribution in [2.75, 3.05) is 19.6 Å². The molecule has 0 unspecified atom stereocenters. The molecular weight excluding hydrogens is 435 g/mol. The number of carbonyl (C=O) groups excluding carboxylic acids is 1. The van der Waals surface area contributed by atoms with Gasteiger partial charge in [-0.25, -0.2) is 4.39 Å². The van der Waals surface area contributed by atoms with E-state index in [1.165, 1.54) is 17.4 Å². The van der Waals surface area contributed by atoms with Gasteiger partial charge in [0, 0.05) is 59.1 Å². The minimum Gasteiger partial charge on any atom is -0.357 e. The minimum absolute atomic E-state index is 0.0930. The molecule has 1 N–H and O–H groups in total. The van der Waals surface area contributed by atoms with Crippen LogP contribution in [0.15, 0.2) is 54.9 Å². The van der Waals surface area contributed by atoms with Crippen LogP contribution in [0.5, 0.6) is 0 Å². The van der Waals surface area contributed by atoms with Gasteiger partial charge >= 0.3 is 0 Å². The van der Waals surface area contributed by atoms with E-state index in [0.29, 0.717) is 36.1 Å². The molecule has 158 valence electrons. The summed E-state index contributed by atoms with van der Waals surface area (Å²) in [6.45, 7) is 2.93. The van der Waals surface area contributed by atoms with E-state index < -0.39 is 0 Å². The van der Waals surface area contributed by atoms with Gasteiger partial charge in [-0.3, -0.25) is 14.7 Å². The highest BCUT2D eigenvalue weighted by Gasteiger charge is 2.24. The molecule has 4 heterocycles. The van der Waals surface area contributed by atoms with Gasteiger partial charge in [-0.05, 0) is 42.0 Å². The Morgan fingerprint density at radius 3 is 2.81 bits per heavy atom. The Hall–Kier alpha value is -2.74. The largest absolute Gasteiger partial charge is 0.357 e. The second-order valence-corrected chi connectivity index (χ2v) is 9.42. The van der Waals surface area contributed by atoms with Crippen molar-refractivity contribution in [1.29, 1.82) is 0 Å². The summed E-state index contributed by atoms with van der Waals surface area (Å²) in [7, 11) is 0. The number of hydrogen-bond acceptors (Lipinski definition) is 4. The minimum atomic E-state index is -0.267. The van der Waals surface area contributed by atoms with Crippen molar-refractivity contribution in [1.82, 2.24) is 19.8 Å². The molecule has 1 amide bonds. The third-order valence-electron chi connectivity index (χ3n) is 5.51. The number of hydrogen-bond donors (Lipinski definition) is 1. The number of H-pyrrole nitrogens is 1. The number of piperazine rings is 1. The van der Waals surface area contributed by atoms with Crippen LogP contribution >= 0.6 is 22.9 Å². The number of amides is 1. The number of aromatic amines is 1. The number of halogens is 2. The summed E-state index contributed by atoms with van der Waals surface area (Å²) >= 11 is 7.37. The summed E-state index contributed by atoms with van der Waals surface area (Å²) in [4.78, 5) is 25.0. The molecule has 1 aliphatic rings. The maximum Gasteiger partial charge on any atom is 0.237 e. The number of rotatable bonds is 5. The van der Waals surface area contributed by atoms with Gasteiger partial charge in [0.05, 0.1) is 17.4 Å². The fourth-order valence-corrected chi connectivity index (χ4v) is 5.02. The lowest BCUT2D eigenvalue weighted by Crippen LogP contribution is -2.49. The van der Waals surface area contributed by atoms with E-state index in [0.717, 1.165) is 33.6 Å². The number of fused-ring (bicyclic) bond motifs is 1. The number of pyridine rings is 1. The Morgan fingerprint density at radius 2 is 2.03 bits per heavy atom. The van der Waals surface area contributed by atoms with Gasteiger partial charge in [0.15, 0.2) is 0 Å². The number of aromatic nitrogens is 2. The van der Waals surface area contributed by atoms with Crippen molar-refractivity contribution < 1.29 is 9.18 Å². The first-order chi connectivity index (χ1) is 15.0. The fourth-order valence-electron chi connectivity index (χ4n) is 3.96. The molecule has 5 nitrogen and oxygen atoms in total. The van der Waals surface area contributed by atoms with Gasteiger partial charge in [-0.15, -0.1) is 11.3 Å². The predicted molar refractivity (Wildman–Crippen MR) is 122 cm³/mol. The summed E-state index contributed by atoms with van der Waals surface area (Å²) in [5.74, 6) is -0.174. The van der Waals surface area contributed by atoms with Crippen LogP contribution in [0.3, 0.4) is 0 Å². The third kappa shape index (κ3) is 4.35. The highest BCUT2D eigenvalue weighted by atomic mass is 35.5. The van der Waals surface area contributed by atoms with Crippen LogP contribution < -0.4 is 0 Å². The molecule has 0 saturated carbocycles. The molecular formula is C23H20ClFN4OS. The van der Waals surface area contributed by atoms with Gasteiger partial charge in [0.25, 0.3) is 0 Å². The van der Waals surface area contributed by atoms with E-state index in [1.807, 2.05) is 35.4 Å². The first-order valence-electron chi connectivity index (χ1n) is 10.0. The molecule has 31 heavy (non-hydrogen) atoms. The number of carbonyl (C=O) groups is 1. The third-order valence-corrected chi connectivity index (χ3v) is 6.78. The van der Waals surface area contributed by atoms with Crippen molar-refractivity contribution in [3.05, 3.63) is 76.3 Å². The first kappa shape index (κ1) is 20.2. The van der Waals surface area contributed by atoms with Crippen LogP contribution in [0.2, 0.25) is 4.34 Å². The van der Waals surface area contributed by atoms with Crippen LogP contribution in [0.1, 0.15) is 11.3 Å². The molecule has 1 aromatic carbocycles. The Balaban J connectivity index is 1.24. The number of thiophene rings is 1. The van der Waals surface area contributed by atoms with Gasteiger partial charge in [0.1, 0.15) is 5.82 Å².